The summed E-state index contributed by atoms with van der Waals surface area (Å²) in [7, 11) is 0. The first-order chi connectivity index (χ1) is 10.2. The van der Waals surface area contributed by atoms with Crippen LogP contribution in [0.15, 0.2) is 48.8 Å². The summed E-state index contributed by atoms with van der Waals surface area (Å²) < 4.78 is 12.7. The third kappa shape index (κ3) is 5.40. The SMILES string of the molecule is O=C(/C=C/c1ccc(F)cc1)NCCNc1ncccn1. The molecule has 21 heavy (non-hydrogen) atoms. The largest absolute Gasteiger partial charge is 0.352 e. The molecule has 0 unspecified atom stereocenters. The number of benzene rings is 1. The Balaban J connectivity index is 1.69. The van der Waals surface area contributed by atoms with Gasteiger partial charge in [0.15, 0.2) is 0 Å². The highest BCUT2D eigenvalue weighted by Gasteiger charge is 1.96. The molecule has 0 bridgehead atoms. The Hall–Kier alpha value is -2.76. The molecule has 5 nitrogen and oxygen atoms in total. The number of hydrogen-bond acceptors (Lipinski definition) is 4. The maximum atomic E-state index is 12.7. The van der Waals surface area contributed by atoms with E-state index in [0.717, 1.165) is 5.56 Å². The number of hydrogen-bond donors (Lipinski definition) is 2. The maximum absolute atomic E-state index is 12.7. The van der Waals surface area contributed by atoms with Crippen molar-refractivity contribution in [2.24, 2.45) is 0 Å². The standard InChI is InChI=1S/C15H15FN4O/c16-13-5-2-12(3-6-13)4-7-14(21)17-10-11-20-15-18-8-1-9-19-15/h1-9H,10-11H2,(H,17,21)(H,18,19,20)/b7-4+. The van der Waals surface area contributed by atoms with E-state index in [2.05, 4.69) is 20.6 Å². The number of aromatic nitrogens is 2. The van der Waals surface area contributed by atoms with Gasteiger partial charge in [-0.2, -0.15) is 0 Å². The summed E-state index contributed by atoms with van der Waals surface area (Å²) in [5, 5.41) is 5.69. The number of halogens is 1. The first kappa shape index (κ1) is 14.6. The van der Waals surface area contributed by atoms with Crippen LogP contribution in [0.25, 0.3) is 6.08 Å². The van der Waals surface area contributed by atoms with Crippen molar-refractivity contribution in [3.63, 3.8) is 0 Å². The molecular weight excluding hydrogens is 271 g/mol. The van der Waals surface area contributed by atoms with Crippen LogP contribution in [0.4, 0.5) is 10.3 Å². The Morgan fingerprint density at radius 1 is 1.14 bits per heavy atom. The van der Waals surface area contributed by atoms with E-state index < -0.39 is 0 Å². The van der Waals surface area contributed by atoms with Gasteiger partial charge in [0.05, 0.1) is 0 Å². The summed E-state index contributed by atoms with van der Waals surface area (Å²) in [4.78, 5) is 19.6. The quantitative estimate of drug-likeness (QED) is 0.628. The predicted molar refractivity (Wildman–Crippen MR) is 79.0 cm³/mol. The smallest absolute Gasteiger partial charge is 0.244 e. The molecule has 0 saturated carbocycles. The van der Waals surface area contributed by atoms with Gasteiger partial charge >= 0.3 is 0 Å². The van der Waals surface area contributed by atoms with Crippen LogP contribution in [0, 0.1) is 5.82 Å². The number of nitrogens with one attached hydrogen (secondary N) is 2. The maximum Gasteiger partial charge on any atom is 0.244 e. The number of rotatable bonds is 6. The zero-order valence-corrected chi connectivity index (χ0v) is 11.3. The molecular formula is C15H15FN4O. The van der Waals surface area contributed by atoms with Crippen LogP contribution in [0.1, 0.15) is 5.56 Å². The van der Waals surface area contributed by atoms with Crippen LogP contribution >= 0.6 is 0 Å². The van der Waals surface area contributed by atoms with Crippen molar-refractivity contribution >= 4 is 17.9 Å². The summed E-state index contributed by atoms with van der Waals surface area (Å²) in [5.74, 6) is 0.00881. The predicted octanol–water partition coefficient (Wildman–Crippen LogP) is 1.86. The van der Waals surface area contributed by atoms with Gasteiger partial charge in [-0.3, -0.25) is 4.79 Å². The van der Waals surface area contributed by atoms with E-state index >= 15 is 0 Å². The average Bonchev–Trinajstić information content (AvgIpc) is 2.52. The molecule has 0 aliphatic heterocycles. The van der Waals surface area contributed by atoms with Gasteiger partial charge in [-0.1, -0.05) is 12.1 Å². The first-order valence-corrected chi connectivity index (χ1v) is 6.46. The second-order valence-corrected chi connectivity index (χ2v) is 4.18. The third-order valence-corrected chi connectivity index (χ3v) is 2.57. The van der Waals surface area contributed by atoms with E-state index in [1.807, 2.05) is 0 Å². The van der Waals surface area contributed by atoms with Crippen LogP contribution in [-0.2, 0) is 4.79 Å². The summed E-state index contributed by atoms with van der Waals surface area (Å²) in [6.45, 7) is 0.977. The Kier molecular flexibility index (Phi) is 5.40. The molecule has 2 N–H and O–H groups in total. The second-order valence-electron chi connectivity index (χ2n) is 4.18. The topological polar surface area (TPSA) is 66.9 Å². The molecule has 0 fully saturated rings. The minimum absolute atomic E-state index is 0.213. The second kappa shape index (κ2) is 7.74. The summed E-state index contributed by atoms with van der Waals surface area (Å²) in [6, 6.07) is 7.64. The van der Waals surface area contributed by atoms with Crippen LogP contribution in [0.5, 0.6) is 0 Å². The lowest BCUT2D eigenvalue weighted by molar-refractivity contribution is -0.116. The monoisotopic (exact) mass is 286 g/mol. The molecule has 1 amide bonds. The van der Waals surface area contributed by atoms with Crippen LogP contribution in [0.2, 0.25) is 0 Å². The highest BCUT2D eigenvalue weighted by Crippen LogP contribution is 2.04. The number of nitrogens with zero attached hydrogens (tertiary/aromatic N) is 2. The minimum Gasteiger partial charge on any atom is -0.352 e. The highest BCUT2D eigenvalue weighted by atomic mass is 19.1. The van der Waals surface area contributed by atoms with Crippen molar-refractivity contribution < 1.29 is 9.18 Å². The lowest BCUT2D eigenvalue weighted by Crippen LogP contribution is -2.27. The fraction of sp³-hybridized carbons (Fsp3) is 0.133. The Labute approximate surface area is 121 Å². The van der Waals surface area contributed by atoms with Crippen molar-refractivity contribution in [1.82, 2.24) is 15.3 Å². The molecule has 1 aromatic heterocycles. The normalized spacial score (nSPS) is 10.5. The summed E-state index contributed by atoms with van der Waals surface area (Å²) in [6.07, 6.45) is 6.31. The molecule has 6 heteroatoms. The molecule has 2 aromatic rings. The van der Waals surface area contributed by atoms with Gasteiger partial charge in [0.2, 0.25) is 11.9 Å². The number of amides is 1. The van der Waals surface area contributed by atoms with Crippen molar-refractivity contribution in [2.45, 2.75) is 0 Å². The van der Waals surface area contributed by atoms with Gasteiger partial charge in [0, 0.05) is 31.6 Å². The van der Waals surface area contributed by atoms with Crippen molar-refractivity contribution in [3.8, 4) is 0 Å². The zero-order chi connectivity index (χ0) is 14.9. The molecule has 108 valence electrons. The first-order valence-electron chi connectivity index (χ1n) is 6.46. The molecule has 1 aromatic carbocycles. The van der Waals surface area contributed by atoms with Crippen LogP contribution in [-0.4, -0.2) is 29.0 Å². The lowest BCUT2D eigenvalue weighted by Gasteiger charge is -2.04. The number of carbonyl (C=O) groups is 1. The third-order valence-electron chi connectivity index (χ3n) is 2.57. The average molecular weight is 286 g/mol. The van der Waals surface area contributed by atoms with E-state index in [1.165, 1.54) is 18.2 Å². The molecule has 0 spiro atoms. The van der Waals surface area contributed by atoms with E-state index in [0.29, 0.717) is 19.0 Å². The van der Waals surface area contributed by atoms with Gasteiger partial charge in [-0.25, -0.2) is 14.4 Å². The van der Waals surface area contributed by atoms with Crippen LogP contribution in [0.3, 0.4) is 0 Å². The van der Waals surface area contributed by atoms with E-state index in [1.54, 1.807) is 36.7 Å². The minimum atomic E-state index is -0.300. The van der Waals surface area contributed by atoms with Crippen molar-refractivity contribution in [3.05, 3.63) is 60.2 Å². The van der Waals surface area contributed by atoms with Crippen LogP contribution < -0.4 is 10.6 Å². The van der Waals surface area contributed by atoms with E-state index in [9.17, 15) is 9.18 Å². The molecule has 0 saturated heterocycles. The van der Waals surface area contributed by atoms with E-state index in [4.69, 9.17) is 0 Å². The Morgan fingerprint density at radius 2 is 1.86 bits per heavy atom. The van der Waals surface area contributed by atoms with Gasteiger partial charge in [0.25, 0.3) is 0 Å². The fourth-order valence-electron chi connectivity index (χ4n) is 1.56. The van der Waals surface area contributed by atoms with E-state index in [-0.39, 0.29) is 11.7 Å². The zero-order valence-electron chi connectivity index (χ0n) is 11.3. The fourth-order valence-corrected chi connectivity index (χ4v) is 1.56. The van der Waals surface area contributed by atoms with Crippen molar-refractivity contribution in [2.75, 3.05) is 18.4 Å². The number of anilines is 1. The Morgan fingerprint density at radius 3 is 2.57 bits per heavy atom. The molecule has 0 aliphatic carbocycles. The number of carbonyl (C=O) groups excluding carboxylic acids is 1. The highest BCUT2D eigenvalue weighted by molar-refractivity contribution is 5.91. The van der Waals surface area contributed by atoms with Crippen molar-refractivity contribution in [1.29, 1.82) is 0 Å². The molecule has 0 atom stereocenters. The van der Waals surface area contributed by atoms with Gasteiger partial charge in [-0.05, 0) is 29.8 Å². The molecule has 0 aliphatic rings. The Bertz CT molecular complexity index is 599. The summed E-state index contributed by atoms with van der Waals surface area (Å²) >= 11 is 0. The van der Waals surface area contributed by atoms with Gasteiger partial charge < -0.3 is 10.6 Å². The molecule has 0 radical (unpaired) electrons. The van der Waals surface area contributed by atoms with Gasteiger partial charge in [0.1, 0.15) is 5.82 Å². The van der Waals surface area contributed by atoms with Gasteiger partial charge in [-0.15, -0.1) is 0 Å². The molecule has 2 rings (SSSR count). The summed E-state index contributed by atoms with van der Waals surface area (Å²) in [5.41, 5.74) is 0.766. The molecule has 1 heterocycles. The lowest BCUT2D eigenvalue weighted by atomic mass is 10.2.